The number of nitrogens with one attached hydrogen (secondary N) is 1. The van der Waals surface area contributed by atoms with Gasteiger partial charge in [0.05, 0.1) is 28.2 Å². The van der Waals surface area contributed by atoms with E-state index >= 15 is 0 Å². The monoisotopic (exact) mass is 488 g/mol. The molecule has 0 aliphatic heterocycles. The Kier molecular flexibility index (Phi) is 6.41. The van der Waals surface area contributed by atoms with Gasteiger partial charge < -0.3 is 9.15 Å². The van der Waals surface area contributed by atoms with Crippen LogP contribution in [-0.2, 0) is 16.4 Å². The maximum Gasteiger partial charge on any atom is 0.264 e. The summed E-state index contributed by atoms with van der Waals surface area (Å²) in [5.74, 6) is 0.422. The summed E-state index contributed by atoms with van der Waals surface area (Å²) < 4.78 is 38.9. The van der Waals surface area contributed by atoms with Gasteiger partial charge in [0.25, 0.3) is 10.0 Å². The van der Waals surface area contributed by atoms with E-state index in [1.165, 1.54) is 13.3 Å². The van der Waals surface area contributed by atoms with Gasteiger partial charge in [0.2, 0.25) is 5.88 Å². The molecule has 164 valence electrons. The third-order valence-corrected chi connectivity index (χ3v) is 6.80. The summed E-state index contributed by atoms with van der Waals surface area (Å²) in [4.78, 5) is 3.88. The normalized spacial score (nSPS) is 11.3. The van der Waals surface area contributed by atoms with Gasteiger partial charge in [0, 0.05) is 0 Å². The second-order valence-corrected chi connectivity index (χ2v) is 9.39. The van der Waals surface area contributed by atoms with Crippen LogP contribution in [0.25, 0.3) is 11.1 Å². The van der Waals surface area contributed by atoms with Crippen molar-refractivity contribution in [2.75, 3.05) is 11.8 Å². The Labute approximate surface area is 195 Å². The van der Waals surface area contributed by atoms with Gasteiger partial charge in [-0.05, 0) is 52.9 Å². The molecule has 32 heavy (non-hydrogen) atoms. The molecule has 1 N–H and O–H groups in total. The summed E-state index contributed by atoms with van der Waals surface area (Å²) in [5, 5.41) is 0.728. The van der Waals surface area contributed by atoms with Crippen LogP contribution in [0.1, 0.15) is 11.1 Å². The summed E-state index contributed by atoms with van der Waals surface area (Å²) in [6.45, 7) is 0. The summed E-state index contributed by atoms with van der Waals surface area (Å²) in [6.07, 6.45) is 2.85. The fourth-order valence-electron chi connectivity index (χ4n) is 3.35. The predicted molar refractivity (Wildman–Crippen MR) is 125 cm³/mol. The Hall–Kier alpha value is -3.00. The first kappa shape index (κ1) is 22.2. The van der Waals surface area contributed by atoms with Crippen molar-refractivity contribution in [1.29, 1.82) is 0 Å². The van der Waals surface area contributed by atoms with Gasteiger partial charge >= 0.3 is 0 Å². The number of aromatic nitrogens is 1. The van der Waals surface area contributed by atoms with Crippen LogP contribution in [0.5, 0.6) is 5.75 Å². The first-order chi connectivity index (χ1) is 15.4. The summed E-state index contributed by atoms with van der Waals surface area (Å²) in [5.41, 5.74) is 3.07. The van der Waals surface area contributed by atoms with Crippen molar-refractivity contribution in [1.82, 2.24) is 4.98 Å². The molecule has 0 aliphatic rings. The van der Waals surface area contributed by atoms with Gasteiger partial charge in [0.1, 0.15) is 0 Å². The van der Waals surface area contributed by atoms with Gasteiger partial charge in [-0.25, -0.2) is 18.1 Å². The first-order valence-corrected chi connectivity index (χ1v) is 11.7. The van der Waals surface area contributed by atoms with Crippen molar-refractivity contribution >= 4 is 39.1 Å². The molecule has 0 unspecified atom stereocenters. The minimum absolute atomic E-state index is 0.0356. The molecule has 6 nitrogen and oxygen atoms in total. The highest BCUT2D eigenvalue weighted by molar-refractivity contribution is 7.92. The summed E-state index contributed by atoms with van der Waals surface area (Å²) in [6, 6.07) is 18.1. The number of methoxy groups -OCH3 is 1. The molecule has 9 heteroatoms. The Morgan fingerprint density at radius 1 is 1.00 bits per heavy atom. The lowest BCUT2D eigenvalue weighted by Gasteiger charge is -2.14. The standard InChI is InChI=1S/C23H18Cl2N2O4S/c1-30-23-19(24)11-17(12-20(23)25)16-7-8-21(32(28,29)27-22-13-26-14-31-22)18(10-16)9-15-5-3-2-4-6-15/h2-8,10-14,27H,9H2,1H3. The van der Waals surface area contributed by atoms with Crippen molar-refractivity contribution < 1.29 is 17.6 Å². The highest BCUT2D eigenvalue weighted by atomic mass is 35.5. The van der Waals surface area contributed by atoms with Crippen LogP contribution in [-0.4, -0.2) is 20.5 Å². The minimum atomic E-state index is -3.92. The van der Waals surface area contributed by atoms with Crippen LogP contribution < -0.4 is 9.46 Å². The van der Waals surface area contributed by atoms with E-state index in [4.69, 9.17) is 32.4 Å². The zero-order valence-corrected chi connectivity index (χ0v) is 19.2. The van der Waals surface area contributed by atoms with Gasteiger partial charge in [-0.1, -0.05) is 59.6 Å². The Morgan fingerprint density at radius 2 is 1.72 bits per heavy atom. The summed E-state index contributed by atoms with van der Waals surface area (Å²) >= 11 is 12.6. The van der Waals surface area contributed by atoms with Crippen LogP contribution in [0.3, 0.4) is 0 Å². The van der Waals surface area contributed by atoms with Gasteiger partial charge in [-0.2, -0.15) is 0 Å². The summed E-state index contributed by atoms with van der Waals surface area (Å²) in [7, 11) is -2.42. The van der Waals surface area contributed by atoms with E-state index < -0.39 is 10.0 Å². The molecule has 0 spiro atoms. The largest absolute Gasteiger partial charge is 0.494 e. The van der Waals surface area contributed by atoms with Crippen LogP contribution in [0, 0.1) is 0 Å². The van der Waals surface area contributed by atoms with Crippen molar-refractivity contribution in [3.8, 4) is 16.9 Å². The van der Waals surface area contributed by atoms with Crippen molar-refractivity contribution in [3.05, 3.63) is 94.4 Å². The Bertz CT molecular complexity index is 1320. The molecule has 3 aromatic carbocycles. The minimum Gasteiger partial charge on any atom is -0.494 e. The van der Waals surface area contributed by atoms with Crippen LogP contribution >= 0.6 is 23.2 Å². The number of anilines is 1. The lowest BCUT2D eigenvalue weighted by atomic mass is 9.99. The average molecular weight is 489 g/mol. The number of halogens is 2. The molecule has 0 amide bonds. The Morgan fingerprint density at radius 3 is 2.34 bits per heavy atom. The molecule has 0 saturated heterocycles. The predicted octanol–water partition coefficient (Wildman–Crippen LogP) is 6.05. The van der Waals surface area contributed by atoms with Crippen molar-refractivity contribution in [2.45, 2.75) is 11.3 Å². The zero-order valence-electron chi connectivity index (χ0n) is 16.9. The molecule has 1 heterocycles. The highest BCUT2D eigenvalue weighted by Gasteiger charge is 2.21. The van der Waals surface area contributed by atoms with Crippen molar-refractivity contribution in [2.24, 2.45) is 0 Å². The van der Waals surface area contributed by atoms with E-state index in [-0.39, 0.29) is 10.8 Å². The molecule has 0 fully saturated rings. The second kappa shape index (κ2) is 9.24. The number of hydrogen-bond donors (Lipinski definition) is 1. The number of nitrogens with zero attached hydrogens (tertiary/aromatic N) is 1. The lowest BCUT2D eigenvalue weighted by molar-refractivity contribution is 0.415. The second-order valence-electron chi connectivity index (χ2n) is 6.93. The molecule has 4 rings (SSSR count). The maximum atomic E-state index is 13.1. The molecule has 0 saturated carbocycles. The van der Waals surface area contributed by atoms with Gasteiger partial charge in [-0.3, -0.25) is 0 Å². The van der Waals surface area contributed by atoms with Crippen LogP contribution in [0.4, 0.5) is 5.88 Å². The highest BCUT2D eigenvalue weighted by Crippen LogP contribution is 2.38. The molecular formula is C23H18Cl2N2O4S. The molecule has 1 aromatic heterocycles. The Balaban J connectivity index is 1.81. The quantitative estimate of drug-likeness (QED) is 0.342. The number of benzene rings is 3. The van der Waals surface area contributed by atoms with Gasteiger partial charge in [0.15, 0.2) is 12.1 Å². The molecule has 0 atom stereocenters. The number of hydrogen-bond acceptors (Lipinski definition) is 5. The van der Waals surface area contributed by atoms with E-state index in [1.54, 1.807) is 24.3 Å². The topological polar surface area (TPSA) is 81.4 Å². The third kappa shape index (κ3) is 4.75. The van der Waals surface area contributed by atoms with Crippen LogP contribution in [0.15, 0.2) is 82.6 Å². The number of sulfonamides is 1. The van der Waals surface area contributed by atoms with Crippen LogP contribution in [0.2, 0.25) is 10.0 Å². The number of rotatable bonds is 7. The molecule has 4 aromatic rings. The fourth-order valence-corrected chi connectivity index (χ4v) is 5.19. The molecule has 0 aliphatic carbocycles. The zero-order chi connectivity index (χ0) is 22.7. The lowest BCUT2D eigenvalue weighted by Crippen LogP contribution is -2.15. The van der Waals surface area contributed by atoms with E-state index in [0.717, 1.165) is 23.1 Å². The molecular weight excluding hydrogens is 471 g/mol. The number of oxazole rings is 1. The van der Waals surface area contributed by atoms with E-state index in [1.807, 2.05) is 36.4 Å². The first-order valence-electron chi connectivity index (χ1n) is 9.49. The maximum absolute atomic E-state index is 13.1. The molecule has 0 radical (unpaired) electrons. The molecule has 0 bridgehead atoms. The van der Waals surface area contributed by atoms with E-state index in [2.05, 4.69) is 9.71 Å². The van der Waals surface area contributed by atoms with Gasteiger partial charge in [-0.15, -0.1) is 0 Å². The van der Waals surface area contributed by atoms with E-state index in [9.17, 15) is 8.42 Å². The third-order valence-electron chi connectivity index (χ3n) is 4.79. The van der Waals surface area contributed by atoms with E-state index in [0.29, 0.717) is 27.8 Å². The fraction of sp³-hybridized carbons (Fsp3) is 0.0870. The SMILES string of the molecule is COc1c(Cl)cc(-c2ccc(S(=O)(=O)Nc3cnco3)c(Cc3ccccc3)c2)cc1Cl. The van der Waals surface area contributed by atoms with Crippen molar-refractivity contribution in [3.63, 3.8) is 0 Å². The smallest absolute Gasteiger partial charge is 0.264 e. The number of ether oxygens (including phenoxy) is 1. The average Bonchev–Trinajstić information content (AvgIpc) is 3.26.